The number of hydrogen-bond donors (Lipinski definition) is 3. The van der Waals surface area contributed by atoms with Gasteiger partial charge in [-0.3, -0.25) is 29.7 Å². The van der Waals surface area contributed by atoms with Crippen molar-refractivity contribution in [3.8, 4) is 0 Å². The number of nitro groups is 2. The van der Waals surface area contributed by atoms with Crippen molar-refractivity contribution in [2.75, 3.05) is 11.3 Å². The molecule has 34 heavy (non-hydrogen) atoms. The number of rotatable bonds is 9. The number of non-ortho nitro benzene ring substituents is 2. The lowest BCUT2D eigenvalue weighted by molar-refractivity contribution is -0.385. The maximum atomic E-state index is 12.5. The summed E-state index contributed by atoms with van der Waals surface area (Å²) in [4.78, 5) is 32.3. The SMILES string of the molecule is O=C(NCC(O)c1ccc([N+](=O)[O-])cc1)c1ccc(NS(=O)(=O)c2cccc([N+](=O)[O-])c2)cc1. The van der Waals surface area contributed by atoms with E-state index in [-0.39, 0.29) is 34.1 Å². The van der Waals surface area contributed by atoms with Crippen molar-refractivity contribution in [2.24, 2.45) is 0 Å². The number of anilines is 1. The zero-order chi connectivity index (χ0) is 24.9. The van der Waals surface area contributed by atoms with Crippen molar-refractivity contribution in [3.63, 3.8) is 0 Å². The highest BCUT2D eigenvalue weighted by Gasteiger charge is 2.18. The largest absolute Gasteiger partial charge is 0.387 e. The third-order valence-electron chi connectivity index (χ3n) is 4.68. The molecule has 0 fully saturated rings. The fourth-order valence-corrected chi connectivity index (χ4v) is 3.99. The number of nitrogens with one attached hydrogen (secondary N) is 2. The highest BCUT2D eigenvalue weighted by molar-refractivity contribution is 7.92. The fourth-order valence-electron chi connectivity index (χ4n) is 2.90. The molecule has 1 unspecified atom stereocenters. The van der Waals surface area contributed by atoms with Gasteiger partial charge < -0.3 is 10.4 Å². The van der Waals surface area contributed by atoms with Gasteiger partial charge in [0.15, 0.2) is 0 Å². The number of nitrogens with zero attached hydrogens (tertiary/aromatic N) is 2. The first-order valence-corrected chi connectivity index (χ1v) is 11.1. The number of carbonyl (C=O) groups is 1. The van der Waals surface area contributed by atoms with Crippen LogP contribution >= 0.6 is 0 Å². The van der Waals surface area contributed by atoms with Gasteiger partial charge in [-0.2, -0.15) is 0 Å². The normalized spacial score (nSPS) is 11.9. The summed E-state index contributed by atoms with van der Waals surface area (Å²) in [6.07, 6.45) is -1.09. The van der Waals surface area contributed by atoms with Crippen LogP contribution in [0.1, 0.15) is 22.0 Å². The number of amides is 1. The van der Waals surface area contributed by atoms with E-state index in [1.807, 2.05) is 0 Å². The zero-order valence-electron chi connectivity index (χ0n) is 17.3. The maximum Gasteiger partial charge on any atom is 0.270 e. The third kappa shape index (κ3) is 5.90. The lowest BCUT2D eigenvalue weighted by atomic mass is 10.1. The number of aliphatic hydroxyl groups excluding tert-OH is 1. The summed E-state index contributed by atoms with van der Waals surface area (Å²) in [6.45, 7) is -0.155. The van der Waals surface area contributed by atoms with Crippen molar-refractivity contribution in [2.45, 2.75) is 11.0 Å². The second kappa shape index (κ2) is 10.1. The van der Waals surface area contributed by atoms with Crippen molar-refractivity contribution in [1.82, 2.24) is 5.32 Å². The molecule has 0 spiro atoms. The average molecular weight is 486 g/mol. The summed E-state index contributed by atoms with van der Waals surface area (Å²) in [5, 5.41) is 34.3. The molecule has 0 saturated carbocycles. The van der Waals surface area contributed by atoms with Crippen LogP contribution in [-0.2, 0) is 10.0 Å². The van der Waals surface area contributed by atoms with E-state index >= 15 is 0 Å². The van der Waals surface area contributed by atoms with Crippen LogP contribution < -0.4 is 10.0 Å². The predicted octanol–water partition coefficient (Wildman–Crippen LogP) is 2.77. The smallest absolute Gasteiger partial charge is 0.270 e. The Balaban J connectivity index is 1.61. The lowest BCUT2D eigenvalue weighted by Crippen LogP contribution is -2.28. The molecule has 176 valence electrons. The monoisotopic (exact) mass is 486 g/mol. The molecule has 0 heterocycles. The Hall–Kier alpha value is -4.36. The van der Waals surface area contributed by atoms with Crippen molar-refractivity contribution in [1.29, 1.82) is 0 Å². The molecule has 3 aromatic carbocycles. The van der Waals surface area contributed by atoms with Crippen LogP contribution in [-0.4, -0.2) is 35.8 Å². The van der Waals surface area contributed by atoms with Crippen LogP contribution in [0.3, 0.4) is 0 Å². The van der Waals surface area contributed by atoms with Gasteiger partial charge in [-0.05, 0) is 48.0 Å². The van der Waals surface area contributed by atoms with Crippen molar-refractivity contribution >= 4 is 33.0 Å². The van der Waals surface area contributed by atoms with E-state index in [9.17, 15) is 38.5 Å². The average Bonchev–Trinajstić information content (AvgIpc) is 2.82. The summed E-state index contributed by atoms with van der Waals surface area (Å²) in [5.74, 6) is -0.533. The molecule has 1 atom stereocenters. The first-order chi connectivity index (χ1) is 16.1. The van der Waals surface area contributed by atoms with Crippen LogP contribution in [0.25, 0.3) is 0 Å². The highest BCUT2D eigenvalue weighted by Crippen LogP contribution is 2.21. The Kier molecular flexibility index (Phi) is 7.18. The Morgan fingerprint density at radius 3 is 2.12 bits per heavy atom. The van der Waals surface area contributed by atoms with E-state index in [2.05, 4.69) is 10.0 Å². The number of carbonyl (C=O) groups excluding carboxylic acids is 1. The van der Waals surface area contributed by atoms with Gasteiger partial charge in [0.2, 0.25) is 0 Å². The number of benzene rings is 3. The van der Waals surface area contributed by atoms with Gasteiger partial charge in [-0.15, -0.1) is 0 Å². The molecule has 0 aliphatic carbocycles. The topological polar surface area (TPSA) is 182 Å². The molecule has 12 nitrogen and oxygen atoms in total. The maximum absolute atomic E-state index is 12.5. The summed E-state index contributed by atoms with van der Waals surface area (Å²) in [5.41, 5.74) is 0.215. The van der Waals surface area contributed by atoms with E-state index in [0.717, 1.165) is 6.07 Å². The first kappa shape index (κ1) is 24.3. The molecule has 13 heteroatoms. The van der Waals surface area contributed by atoms with E-state index in [4.69, 9.17) is 0 Å². The fraction of sp³-hybridized carbons (Fsp3) is 0.0952. The van der Waals surface area contributed by atoms with Crippen LogP contribution in [0.2, 0.25) is 0 Å². The molecule has 0 radical (unpaired) electrons. The van der Waals surface area contributed by atoms with Crippen LogP contribution in [0.5, 0.6) is 0 Å². The minimum atomic E-state index is -4.09. The molecular formula is C21H18N4O8S. The Morgan fingerprint density at radius 2 is 1.53 bits per heavy atom. The van der Waals surface area contributed by atoms with Gasteiger partial charge in [0, 0.05) is 42.1 Å². The van der Waals surface area contributed by atoms with Crippen LogP contribution in [0.15, 0.2) is 77.7 Å². The number of hydrogen-bond acceptors (Lipinski definition) is 8. The minimum Gasteiger partial charge on any atom is -0.387 e. The van der Waals surface area contributed by atoms with E-state index < -0.39 is 31.9 Å². The van der Waals surface area contributed by atoms with Gasteiger partial charge in [0.25, 0.3) is 27.3 Å². The second-order valence-corrected chi connectivity index (χ2v) is 8.69. The standard InChI is InChI=1S/C21H18N4O8S/c26-20(14-6-10-17(11-7-14)24(28)29)13-22-21(27)15-4-8-16(9-5-15)23-34(32,33)19-3-1-2-18(12-19)25(30)31/h1-12,20,23,26H,13H2,(H,22,27). The van der Waals surface area contributed by atoms with Crippen LogP contribution in [0.4, 0.5) is 17.1 Å². The molecule has 0 aromatic heterocycles. The second-order valence-electron chi connectivity index (χ2n) is 7.01. The summed E-state index contributed by atoms with van der Waals surface area (Å²) < 4.78 is 27.3. The van der Waals surface area contributed by atoms with Gasteiger partial charge in [-0.1, -0.05) is 6.07 Å². The molecular weight excluding hydrogens is 468 g/mol. The van der Waals surface area contributed by atoms with E-state index in [1.54, 1.807) is 0 Å². The zero-order valence-corrected chi connectivity index (χ0v) is 18.1. The first-order valence-electron chi connectivity index (χ1n) is 9.65. The summed E-state index contributed by atoms with van der Waals surface area (Å²) >= 11 is 0. The minimum absolute atomic E-state index is 0.124. The molecule has 0 bridgehead atoms. The van der Waals surface area contributed by atoms with Crippen molar-refractivity contribution < 1.29 is 28.2 Å². The predicted molar refractivity (Wildman–Crippen MR) is 121 cm³/mol. The molecule has 0 aliphatic heterocycles. The molecule has 3 N–H and O–H groups in total. The summed E-state index contributed by atoms with van der Waals surface area (Å²) in [7, 11) is -4.09. The van der Waals surface area contributed by atoms with Gasteiger partial charge in [-0.25, -0.2) is 8.42 Å². The Morgan fingerprint density at radius 1 is 0.912 bits per heavy atom. The molecule has 3 aromatic rings. The van der Waals surface area contributed by atoms with Gasteiger partial charge in [0.1, 0.15) is 0 Å². The third-order valence-corrected chi connectivity index (χ3v) is 6.06. The molecule has 1 amide bonds. The number of aliphatic hydroxyl groups is 1. The molecule has 0 saturated heterocycles. The molecule has 0 aliphatic rings. The Labute approximate surface area is 193 Å². The van der Waals surface area contributed by atoms with Gasteiger partial charge >= 0.3 is 0 Å². The van der Waals surface area contributed by atoms with E-state index in [1.165, 1.54) is 66.7 Å². The summed E-state index contributed by atoms with van der Waals surface area (Å²) in [6, 6.07) is 15.2. The quantitative estimate of drug-likeness (QED) is 0.305. The van der Waals surface area contributed by atoms with Crippen LogP contribution in [0, 0.1) is 20.2 Å². The van der Waals surface area contributed by atoms with Crippen molar-refractivity contribution in [3.05, 3.63) is 104 Å². The lowest BCUT2D eigenvalue weighted by Gasteiger charge is -2.13. The van der Waals surface area contributed by atoms with Gasteiger partial charge in [0.05, 0.1) is 20.8 Å². The molecule has 3 rings (SSSR count). The van der Waals surface area contributed by atoms with E-state index in [0.29, 0.717) is 5.56 Å². The number of nitro benzene ring substituents is 2. The number of sulfonamides is 1. The Bertz CT molecular complexity index is 1330. The highest BCUT2D eigenvalue weighted by atomic mass is 32.2.